The lowest BCUT2D eigenvalue weighted by Gasteiger charge is -2.25. The van der Waals surface area contributed by atoms with Gasteiger partial charge in [0.15, 0.2) is 0 Å². The van der Waals surface area contributed by atoms with Crippen molar-refractivity contribution in [3.05, 3.63) is 77.4 Å². The van der Waals surface area contributed by atoms with Crippen LogP contribution in [0.1, 0.15) is 29.7 Å². The lowest BCUT2D eigenvalue weighted by molar-refractivity contribution is -0.140. The lowest BCUT2D eigenvalue weighted by atomic mass is 9.94. The van der Waals surface area contributed by atoms with Crippen molar-refractivity contribution in [2.75, 3.05) is 26.9 Å². The summed E-state index contributed by atoms with van der Waals surface area (Å²) in [6.45, 7) is 6.41. The fourth-order valence-corrected chi connectivity index (χ4v) is 4.30. The molecule has 0 aromatic heterocycles. The zero-order valence-corrected chi connectivity index (χ0v) is 18.7. The highest BCUT2D eigenvalue weighted by molar-refractivity contribution is 6.46. The SMILES string of the molecule is C=CCOc1cccc([C@H]2C(=C(O)c3ccc4c(c3)C[C@@H](C)O4)C(=O)C(=O)N2CCOC)c1. The Kier molecular flexibility index (Phi) is 6.51. The molecule has 7 nitrogen and oxygen atoms in total. The maximum absolute atomic E-state index is 13.1. The first-order chi connectivity index (χ1) is 15.9. The predicted molar refractivity (Wildman–Crippen MR) is 123 cm³/mol. The molecule has 2 aromatic carbocycles. The standard InChI is InChI=1S/C26H27NO6/c1-4-11-32-20-7-5-6-17(15-20)23-22(25(29)26(30)27(23)10-12-31-3)24(28)18-8-9-21-19(14-18)13-16(2)33-21/h4-9,14-16,23,28H,1,10-13H2,2-3H3/t16-,23+/m1/s1. The third-order valence-corrected chi connectivity index (χ3v) is 5.79. The summed E-state index contributed by atoms with van der Waals surface area (Å²) in [6.07, 6.45) is 2.40. The number of aliphatic hydroxyl groups excluding tert-OH is 1. The number of fused-ring (bicyclic) bond motifs is 1. The fraction of sp³-hybridized carbons (Fsp3) is 0.308. The largest absolute Gasteiger partial charge is 0.507 e. The highest BCUT2D eigenvalue weighted by atomic mass is 16.5. The highest BCUT2D eigenvalue weighted by Crippen LogP contribution is 2.41. The number of ketones is 1. The summed E-state index contributed by atoms with van der Waals surface area (Å²) in [6, 6.07) is 11.7. The van der Waals surface area contributed by atoms with Crippen molar-refractivity contribution in [1.82, 2.24) is 4.90 Å². The summed E-state index contributed by atoms with van der Waals surface area (Å²) in [5.41, 5.74) is 2.13. The molecule has 33 heavy (non-hydrogen) atoms. The number of benzene rings is 2. The highest BCUT2D eigenvalue weighted by Gasteiger charge is 2.46. The van der Waals surface area contributed by atoms with Crippen LogP contribution in [0.3, 0.4) is 0 Å². The van der Waals surface area contributed by atoms with E-state index >= 15 is 0 Å². The fourth-order valence-electron chi connectivity index (χ4n) is 4.30. The van der Waals surface area contributed by atoms with Gasteiger partial charge in [0.2, 0.25) is 0 Å². The molecule has 0 saturated carbocycles. The molecule has 172 valence electrons. The number of amides is 1. The Balaban J connectivity index is 1.81. The van der Waals surface area contributed by atoms with Crippen LogP contribution in [0, 0.1) is 0 Å². The molecule has 2 heterocycles. The first kappa shape index (κ1) is 22.6. The molecule has 2 aromatic rings. The molecule has 0 unspecified atom stereocenters. The minimum absolute atomic E-state index is 0.0453. The van der Waals surface area contributed by atoms with E-state index in [0.717, 1.165) is 11.3 Å². The van der Waals surface area contributed by atoms with Gasteiger partial charge in [0.25, 0.3) is 11.7 Å². The number of ether oxygens (including phenoxy) is 3. The van der Waals surface area contributed by atoms with Gasteiger partial charge in [-0.3, -0.25) is 9.59 Å². The van der Waals surface area contributed by atoms with Gasteiger partial charge in [0.05, 0.1) is 18.2 Å². The first-order valence-corrected chi connectivity index (χ1v) is 10.9. The summed E-state index contributed by atoms with van der Waals surface area (Å²) >= 11 is 0. The molecule has 1 amide bonds. The number of carbonyl (C=O) groups is 2. The van der Waals surface area contributed by atoms with Crippen molar-refractivity contribution in [3.63, 3.8) is 0 Å². The van der Waals surface area contributed by atoms with Gasteiger partial charge in [0, 0.05) is 25.6 Å². The Bertz CT molecular complexity index is 1120. The van der Waals surface area contributed by atoms with Crippen molar-refractivity contribution in [2.24, 2.45) is 0 Å². The summed E-state index contributed by atoms with van der Waals surface area (Å²) in [5, 5.41) is 11.3. The monoisotopic (exact) mass is 449 g/mol. The molecule has 0 aliphatic carbocycles. The van der Waals surface area contributed by atoms with Gasteiger partial charge in [-0.15, -0.1) is 0 Å². The average molecular weight is 450 g/mol. The van der Waals surface area contributed by atoms with Gasteiger partial charge in [0.1, 0.15) is 30.0 Å². The van der Waals surface area contributed by atoms with E-state index in [9.17, 15) is 14.7 Å². The molecule has 4 rings (SSSR count). The van der Waals surface area contributed by atoms with Crippen LogP contribution >= 0.6 is 0 Å². The third-order valence-electron chi connectivity index (χ3n) is 5.79. The quantitative estimate of drug-likeness (QED) is 0.287. The van der Waals surface area contributed by atoms with Crippen LogP contribution in [0.2, 0.25) is 0 Å². The van der Waals surface area contributed by atoms with Crippen LogP contribution in [-0.2, 0) is 20.7 Å². The number of rotatable bonds is 8. The Morgan fingerprint density at radius 2 is 2.09 bits per heavy atom. The van der Waals surface area contributed by atoms with Crippen LogP contribution < -0.4 is 9.47 Å². The van der Waals surface area contributed by atoms with Crippen LogP contribution in [0.15, 0.2) is 60.7 Å². The number of Topliss-reactive ketones (excluding diaryl/α,β-unsaturated/α-hetero) is 1. The zero-order valence-electron chi connectivity index (χ0n) is 18.7. The molecule has 0 bridgehead atoms. The normalized spacial score (nSPS) is 21.1. The number of aliphatic hydroxyl groups is 1. The van der Waals surface area contributed by atoms with Gasteiger partial charge >= 0.3 is 0 Å². The molecule has 0 radical (unpaired) electrons. The third kappa shape index (κ3) is 4.36. The number of methoxy groups -OCH3 is 1. The van der Waals surface area contributed by atoms with E-state index < -0.39 is 17.7 Å². The number of carbonyl (C=O) groups excluding carboxylic acids is 2. The van der Waals surface area contributed by atoms with E-state index in [-0.39, 0.29) is 30.6 Å². The maximum atomic E-state index is 13.1. The molecule has 2 aliphatic heterocycles. The van der Waals surface area contributed by atoms with E-state index in [4.69, 9.17) is 14.2 Å². The second kappa shape index (κ2) is 9.50. The molecule has 2 aliphatic rings. The minimum atomic E-state index is -0.768. The van der Waals surface area contributed by atoms with Crippen molar-refractivity contribution in [1.29, 1.82) is 0 Å². The van der Waals surface area contributed by atoms with Crippen molar-refractivity contribution in [2.45, 2.75) is 25.5 Å². The van der Waals surface area contributed by atoms with E-state index in [1.165, 1.54) is 12.0 Å². The van der Waals surface area contributed by atoms with Crippen LogP contribution in [-0.4, -0.2) is 54.7 Å². The molecular weight excluding hydrogens is 422 g/mol. The number of nitrogens with zero attached hydrogens (tertiary/aromatic N) is 1. The molecule has 7 heteroatoms. The second-order valence-electron chi connectivity index (χ2n) is 8.11. The maximum Gasteiger partial charge on any atom is 0.295 e. The van der Waals surface area contributed by atoms with Gasteiger partial charge in [-0.2, -0.15) is 0 Å². The van der Waals surface area contributed by atoms with Gasteiger partial charge in [-0.1, -0.05) is 24.8 Å². The zero-order chi connectivity index (χ0) is 23.5. The average Bonchev–Trinajstić information content (AvgIpc) is 3.31. The smallest absolute Gasteiger partial charge is 0.295 e. The molecule has 2 atom stereocenters. The Morgan fingerprint density at radius 3 is 2.85 bits per heavy atom. The molecule has 1 N–H and O–H groups in total. The molecule has 1 saturated heterocycles. The van der Waals surface area contributed by atoms with Gasteiger partial charge < -0.3 is 24.2 Å². The molecular formula is C26H27NO6. The van der Waals surface area contributed by atoms with E-state index in [1.807, 2.05) is 19.1 Å². The van der Waals surface area contributed by atoms with Crippen LogP contribution in [0.25, 0.3) is 5.76 Å². The van der Waals surface area contributed by atoms with E-state index in [2.05, 4.69) is 6.58 Å². The summed E-state index contributed by atoms with van der Waals surface area (Å²) in [7, 11) is 1.53. The number of hydrogen-bond acceptors (Lipinski definition) is 6. The molecule has 0 spiro atoms. The Hall–Kier alpha value is -3.58. The first-order valence-electron chi connectivity index (χ1n) is 10.9. The van der Waals surface area contributed by atoms with Crippen molar-refractivity contribution >= 4 is 17.4 Å². The Morgan fingerprint density at radius 1 is 1.27 bits per heavy atom. The summed E-state index contributed by atoms with van der Waals surface area (Å²) < 4.78 is 16.5. The van der Waals surface area contributed by atoms with E-state index in [1.54, 1.807) is 36.4 Å². The second-order valence-corrected chi connectivity index (χ2v) is 8.11. The topological polar surface area (TPSA) is 85.3 Å². The number of likely N-dealkylation sites (tertiary alicyclic amines) is 1. The van der Waals surface area contributed by atoms with E-state index in [0.29, 0.717) is 29.9 Å². The summed E-state index contributed by atoms with van der Waals surface area (Å²) in [5.74, 6) is -0.264. The number of hydrogen-bond donors (Lipinski definition) is 1. The van der Waals surface area contributed by atoms with Crippen LogP contribution in [0.5, 0.6) is 11.5 Å². The van der Waals surface area contributed by atoms with Gasteiger partial charge in [-0.05, 0) is 48.4 Å². The lowest BCUT2D eigenvalue weighted by Crippen LogP contribution is -2.32. The van der Waals surface area contributed by atoms with Crippen molar-refractivity contribution < 1.29 is 28.9 Å². The predicted octanol–water partition coefficient (Wildman–Crippen LogP) is 3.64. The summed E-state index contributed by atoms with van der Waals surface area (Å²) in [4.78, 5) is 27.5. The Labute approximate surface area is 192 Å². The van der Waals surface area contributed by atoms with Gasteiger partial charge in [-0.25, -0.2) is 0 Å². The molecule has 1 fully saturated rings. The van der Waals surface area contributed by atoms with Crippen LogP contribution in [0.4, 0.5) is 0 Å². The minimum Gasteiger partial charge on any atom is -0.507 e. The van der Waals surface area contributed by atoms with Crippen molar-refractivity contribution in [3.8, 4) is 11.5 Å².